The molecular weight excluding hydrogens is 447 g/mol. The van der Waals surface area contributed by atoms with Gasteiger partial charge < -0.3 is 5.32 Å². The lowest BCUT2D eigenvalue weighted by molar-refractivity contribution is -0.384. The fourth-order valence-corrected chi connectivity index (χ4v) is 4.08. The maximum Gasteiger partial charge on any atom is 0.293 e. The maximum atomic E-state index is 14.5. The highest BCUT2D eigenvalue weighted by atomic mass is 32.2. The third-order valence-corrected chi connectivity index (χ3v) is 5.73. The molecule has 3 aromatic carbocycles. The summed E-state index contributed by atoms with van der Waals surface area (Å²) in [5, 5.41) is 14.2. The highest BCUT2D eigenvalue weighted by Crippen LogP contribution is 2.27. The minimum Gasteiger partial charge on any atom is -0.320 e. The van der Waals surface area contributed by atoms with E-state index < -0.39 is 22.2 Å². The number of rotatable bonds is 6. The monoisotopic (exact) mass is 464 g/mol. The minimum atomic E-state index is -0.613. The molecule has 0 radical (unpaired) electrons. The molecular formula is C23H17FN4O4S. The molecule has 0 saturated carbocycles. The molecule has 166 valence electrons. The molecule has 0 aliphatic carbocycles. The second kappa shape index (κ2) is 9.21. The van der Waals surface area contributed by atoms with Crippen molar-refractivity contribution < 1.29 is 14.1 Å². The molecule has 10 heteroatoms. The summed E-state index contributed by atoms with van der Waals surface area (Å²) in [6.45, 7) is 1.71. The van der Waals surface area contributed by atoms with Crippen LogP contribution in [-0.4, -0.2) is 26.1 Å². The predicted molar refractivity (Wildman–Crippen MR) is 124 cm³/mol. The van der Waals surface area contributed by atoms with Gasteiger partial charge in [-0.15, -0.1) is 0 Å². The van der Waals surface area contributed by atoms with Gasteiger partial charge in [0, 0.05) is 6.07 Å². The Morgan fingerprint density at radius 3 is 2.64 bits per heavy atom. The summed E-state index contributed by atoms with van der Waals surface area (Å²) in [4.78, 5) is 40.9. The Balaban J connectivity index is 1.67. The van der Waals surface area contributed by atoms with Gasteiger partial charge >= 0.3 is 0 Å². The molecule has 1 heterocycles. The lowest BCUT2D eigenvalue weighted by Crippen LogP contribution is -2.23. The van der Waals surface area contributed by atoms with Crippen molar-refractivity contribution in [1.82, 2.24) is 9.55 Å². The van der Waals surface area contributed by atoms with Crippen LogP contribution in [0.25, 0.3) is 16.6 Å². The van der Waals surface area contributed by atoms with Crippen molar-refractivity contribution in [3.63, 3.8) is 0 Å². The number of thioether (sulfide) groups is 1. The Labute approximate surface area is 191 Å². The number of anilines is 1. The number of amides is 1. The van der Waals surface area contributed by atoms with E-state index in [0.29, 0.717) is 16.5 Å². The predicted octanol–water partition coefficient (Wildman–Crippen LogP) is 4.47. The SMILES string of the molecule is Cc1ccc(NC(=O)CSc2nc3ccccc3c(=O)n2-c2ccccc2F)c([N+](=O)[O-])c1. The number of benzene rings is 3. The molecule has 0 aliphatic rings. The van der Waals surface area contributed by atoms with Gasteiger partial charge in [-0.1, -0.05) is 42.1 Å². The molecule has 1 amide bonds. The molecule has 0 saturated heterocycles. The van der Waals surface area contributed by atoms with Gasteiger partial charge in [0.05, 0.1) is 27.3 Å². The first-order valence-electron chi connectivity index (χ1n) is 9.79. The van der Waals surface area contributed by atoms with Crippen molar-refractivity contribution in [3.8, 4) is 5.69 Å². The van der Waals surface area contributed by atoms with Gasteiger partial charge in [0.25, 0.3) is 11.2 Å². The molecule has 0 aliphatic heterocycles. The molecule has 0 spiro atoms. The fraction of sp³-hybridized carbons (Fsp3) is 0.0870. The highest BCUT2D eigenvalue weighted by molar-refractivity contribution is 7.99. The van der Waals surface area contributed by atoms with Crippen molar-refractivity contribution in [1.29, 1.82) is 0 Å². The normalized spacial score (nSPS) is 10.8. The van der Waals surface area contributed by atoms with Crippen LogP contribution in [0.3, 0.4) is 0 Å². The number of para-hydroxylation sites is 2. The summed E-state index contributed by atoms with van der Waals surface area (Å²) in [5.74, 6) is -1.35. The summed E-state index contributed by atoms with van der Waals surface area (Å²) in [7, 11) is 0. The molecule has 0 bridgehead atoms. The molecule has 0 atom stereocenters. The average molecular weight is 464 g/mol. The van der Waals surface area contributed by atoms with E-state index in [1.165, 1.54) is 30.3 Å². The van der Waals surface area contributed by atoms with Crippen molar-refractivity contribution in [2.75, 3.05) is 11.1 Å². The van der Waals surface area contributed by atoms with Crippen LogP contribution in [-0.2, 0) is 4.79 Å². The molecule has 1 N–H and O–H groups in total. The molecule has 33 heavy (non-hydrogen) atoms. The summed E-state index contributed by atoms with van der Waals surface area (Å²) in [6, 6.07) is 16.9. The standard InChI is InChI=1S/C23H17FN4O4S/c1-14-10-11-18(20(12-14)28(31)32)25-21(29)13-33-23-26-17-8-4-2-6-15(17)22(30)27(23)19-9-5-3-7-16(19)24/h2-12H,13H2,1H3,(H,25,29). The third-order valence-electron chi connectivity index (χ3n) is 4.79. The summed E-state index contributed by atoms with van der Waals surface area (Å²) in [5.41, 5.74) is 0.478. The van der Waals surface area contributed by atoms with E-state index in [4.69, 9.17) is 0 Å². The summed E-state index contributed by atoms with van der Waals surface area (Å²) >= 11 is 0.928. The molecule has 0 unspecified atom stereocenters. The Morgan fingerprint density at radius 1 is 1.15 bits per heavy atom. The number of aryl methyl sites for hydroxylation is 1. The third kappa shape index (κ3) is 4.60. The summed E-state index contributed by atoms with van der Waals surface area (Å²) in [6.07, 6.45) is 0. The van der Waals surface area contributed by atoms with Crippen LogP contribution in [0.4, 0.5) is 15.8 Å². The molecule has 8 nitrogen and oxygen atoms in total. The van der Waals surface area contributed by atoms with E-state index in [-0.39, 0.29) is 28.0 Å². The van der Waals surface area contributed by atoms with Crippen LogP contribution >= 0.6 is 11.8 Å². The van der Waals surface area contributed by atoms with E-state index in [1.54, 1.807) is 43.3 Å². The highest BCUT2D eigenvalue weighted by Gasteiger charge is 2.19. The molecule has 4 rings (SSSR count). The van der Waals surface area contributed by atoms with Crippen LogP contribution in [0.2, 0.25) is 0 Å². The Kier molecular flexibility index (Phi) is 6.18. The second-order valence-corrected chi connectivity index (χ2v) is 8.06. The zero-order valence-electron chi connectivity index (χ0n) is 17.3. The first-order chi connectivity index (χ1) is 15.8. The van der Waals surface area contributed by atoms with E-state index in [0.717, 1.165) is 16.3 Å². The largest absolute Gasteiger partial charge is 0.320 e. The number of aromatic nitrogens is 2. The van der Waals surface area contributed by atoms with Crippen molar-refractivity contribution in [2.45, 2.75) is 12.1 Å². The number of carbonyl (C=O) groups is 1. The lowest BCUT2D eigenvalue weighted by atomic mass is 10.2. The number of nitrogens with one attached hydrogen (secondary N) is 1. The van der Waals surface area contributed by atoms with Gasteiger partial charge in [0.1, 0.15) is 11.5 Å². The van der Waals surface area contributed by atoms with E-state index in [9.17, 15) is 24.1 Å². The number of hydrogen-bond donors (Lipinski definition) is 1. The topological polar surface area (TPSA) is 107 Å². The van der Waals surface area contributed by atoms with Crippen LogP contribution in [0.5, 0.6) is 0 Å². The van der Waals surface area contributed by atoms with Gasteiger partial charge in [-0.05, 0) is 42.8 Å². The van der Waals surface area contributed by atoms with Crippen molar-refractivity contribution in [3.05, 3.63) is 98.6 Å². The Bertz CT molecular complexity index is 1450. The molecule has 0 fully saturated rings. The van der Waals surface area contributed by atoms with Crippen molar-refractivity contribution >= 4 is 39.9 Å². The van der Waals surface area contributed by atoms with Gasteiger partial charge in [-0.3, -0.25) is 24.3 Å². The molecule has 1 aromatic heterocycles. The zero-order chi connectivity index (χ0) is 23.5. The first kappa shape index (κ1) is 22.2. The number of nitro benzene ring substituents is 1. The van der Waals surface area contributed by atoms with Crippen LogP contribution in [0, 0.1) is 22.9 Å². The number of nitro groups is 1. The number of halogens is 1. The van der Waals surface area contributed by atoms with E-state index in [1.807, 2.05) is 0 Å². The fourth-order valence-electron chi connectivity index (χ4n) is 3.27. The second-order valence-electron chi connectivity index (χ2n) is 7.12. The quantitative estimate of drug-likeness (QED) is 0.195. The first-order valence-corrected chi connectivity index (χ1v) is 10.8. The van der Waals surface area contributed by atoms with E-state index >= 15 is 0 Å². The van der Waals surface area contributed by atoms with Gasteiger partial charge in [0.2, 0.25) is 5.91 Å². The number of carbonyl (C=O) groups excluding carboxylic acids is 1. The van der Waals surface area contributed by atoms with Gasteiger partial charge in [0.15, 0.2) is 5.16 Å². The zero-order valence-corrected chi connectivity index (χ0v) is 18.1. The number of hydrogen-bond acceptors (Lipinski definition) is 6. The Morgan fingerprint density at radius 2 is 1.88 bits per heavy atom. The number of fused-ring (bicyclic) bond motifs is 1. The van der Waals surface area contributed by atoms with E-state index in [2.05, 4.69) is 10.3 Å². The Hall–Kier alpha value is -4.05. The smallest absolute Gasteiger partial charge is 0.293 e. The van der Waals surface area contributed by atoms with Gasteiger partial charge in [-0.2, -0.15) is 0 Å². The molecule has 4 aromatic rings. The lowest BCUT2D eigenvalue weighted by Gasteiger charge is -2.14. The van der Waals surface area contributed by atoms with Crippen molar-refractivity contribution in [2.24, 2.45) is 0 Å². The number of nitrogens with zero attached hydrogens (tertiary/aromatic N) is 3. The average Bonchev–Trinajstić information content (AvgIpc) is 2.79. The van der Waals surface area contributed by atoms with Gasteiger partial charge in [-0.25, -0.2) is 9.37 Å². The summed E-state index contributed by atoms with van der Waals surface area (Å²) < 4.78 is 15.7. The van der Waals surface area contributed by atoms with Crippen LogP contribution in [0.1, 0.15) is 5.56 Å². The van der Waals surface area contributed by atoms with Crippen LogP contribution in [0.15, 0.2) is 76.7 Å². The maximum absolute atomic E-state index is 14.5. The minimum absolute atomic E-state index is 0.0119. The van der Waals surface area contributed by atoms with Crippen LogP contribution < -0.4 is 10.9 Å².